The first-order valence-corrected chi connectivity index (χ1v) is 6.28. The van der Waals surface area contributed by atoms with Crippen LogP contribution in [0.3, 0.4) is 0 Å². The van der Waals surface area contributed by atoms with Crippen LogP contribution < -0.4 is 0 Å². The van der Waals surface area contributed by atoms with Crippen molar-refractivity contribution in [2.75, 3.05) is 13.2 Å². The lowest BCUT2D eigenvalue weighted by molar-refractivity contribution is 0.162. The van der Waals surface area contributed by atoms with Crippen molar-refractivity contribution in [3.63, 3.8) is 0 Å². The average molecular weight is 230 g/mol. The topological polar surface area (TPSA) is 36.3 Å². The number of rotatable bonds is 2. The lowest BCUT2D eigenvalue weighted by Gasteiger charge is -2.30. The molecular weight excluding hydrogens is 212 g/mol. The van der Waals surface area contributed by atoms with Gasteiger partial charge in [-0.15, -0.1) is 0 Å². The van der Waals surface area contributed by atoms with Crippen molar-refractivity contribution in [2.45, 2.75) is 25.9 Å². The first-order valence-electron chi connectivity index (χ1n) is 6.28. The fourth-order valence-electron chi connectivity index (χ4n) is 2.84. The number of ether oxygens (including phenoxy) is 1. The maximum Gasteiger partial charge on any atom is 0.128 e. The highest BCUT2D eigenvalue weighted by atomic mass is 16.5. The van der Waals surface area contributed by atoms with Crippen LogP contribution in [0, 0.1) is 11.3 Å². The molecule has 2 atom stereocenters. The van der Waals surface area contributed by atoms with Gasteiger partial charge in [0.25, 0.3) is 0 Å². The predicted molar refractivity (Wildman–Crippen MR) is 67.2 cm³/mol. The Morgan fingerprint density at radius 2 is 2.24 bits per heavy atom. The summed E-state index contributed by atoms with van der Waals surface area (Å²) >= 11 is 0. The molecule has 1 saturated heterocycles. The van der Waals surface area contributed by atoms with E-state index in [2.05, 4.69) is 30.0 Å². The van der Waals surface area contributed by atoms with E-state index in [0.717, 1.165) is 31.7 Å². The molecule has 0 spiro atoms. The van der Waals surface area contributed by atoms with Crippen LogP contribution in [-0.2, 0) is 11.3 Å². The van der Waals surface area contributed by atoms with Gasteiger partial charge in [0, 0.05) is 30.7 Å². The Morgan fingerprint density at radius 3 is 2.94 bits per heavy atom. The fourth-order valence-corrected chi connectivity index (χ4v) is 2.84. The summed E-state index contributed by atoms with van der Waals surface area (Å²) in [7, 11) is 0. The van der Waals surface area contributed by atoms with E-state index in [9.17, 15) is 0 Å². The third-order valence-corrected chi connectivity index (χ3v) is 4.04. The van der Waals surface area contributed by atoms with Crippen LogP contribution in [0.2, 0.25) is 0 Å². The zero-order valence-corrected chi connectivity index (χ0v) is 10.1. The molecule has 90 valence electrons. The Hall–Kier alpha value is -1.35. The summed E-state index contributed by atoms with van der Waals surface area (Å²) in [6, 6.07) is 8.65. The van der Waals surface area contributed by atoms with E-state index >= 15 is 0 Å². The molecule has 2 aliphatic heterocycles. The molecule has 2 unspecified atom stereocenters. The van der Waals surface area contributed by atoms with E-state index < -0.39 is 0 Å². The number of nitrogens with one attached hydrogen (secondary N) is 1. The number of hydrogen-bond donors (Lipinski definition) is 1. The van der Waals surface area contributed by atoms with Crippen molar-refractivity contribution in [3.8, 4) is 0 Å². The second-order valence-corrected chi connectivity index (χ2v) is 5.00. The molecule has 0 saturated carbocycles. The lowest BCUT2D eigenvalue weighted by atomic mass is 9.99. The van der Waals surface area contributed by atoms with Gasteiger partial charge in [-0.05, 0) is 18.9 Å². The summed E-state index contributed by atoms with van der Waals surface area (Å²) in [6.45, 7) is 4.83. The van der Waals surface area contributed by atoms with Crippen LogP contribution in [0.1, 0.15) is 24.5 Å². The minimum Gasteiger partial charge on any atom is -0.381 e. The Bertz CT molecular complexity index is 438. The number of nitrogens with zero attached hydrogens (tertiary/aromatic N) is 1. The molecule has 2 heterocycles. The second kappa shape index (κ2) is 4.15. The molecule has 3 heteroatoms. The molecular formula is C14H18N2O. The standard InChI is InChI=1S/C14H18N2O/c1-10(12-6-7-17-9-12)16-8-11-4-2-3-5-13(11)14(16)15/h2-5,10,12,15H,6-9H2,1H3. The highest BCUT2D eigenvalue weighted by molar-refractivity contribution is 6.00. The highest BCUT2D eigenvalue weighted by Gasteiger charge is 2.33. The highest BCUT2D eigenvalue weighted by Crippen LogP contribution is 2.29. The fraction of sp³-hybridized carbons (Fsp3) is 0.500. The van der Waals surface area contributed by atoms with Gasteiger partial charge in [0.05, 0.1) is 6.61 Å². The van der Waals surface area contributed by atoms with Gasteiger partial charge in [-0.3, -0.25) is 5.41 Å². The molecule has 3 rings (SSSR count). The van der Waals surface area contributed by atoms with E-state index in [1.807, 2.05) is 6.07 Å². The Balaban J connectivity index is 1.81. The summed E-state index contributed by atoms with van der Waals surface area (Å²) in [5.74, 6) is 1.25. The largest absolute Gasteiger partial charge is 0.381 e. The van der Waals surface area contributed by atoms with Crippen molar-refractivity contribution in [3.05, 3.63) is 35.4 Å². The molecule has 1 aromatic carbocycles. The molecule has 0 amide bonds. The Kier molecular flexibility index (Phi) is 2.63. The summed E-state index contributed by atoms with van der Waals surface area (Å²) in [6.07, 6.45) is 1.13. The van der Waals surface area contributed by atoms with Gasteiger partial charge in [0.1, 0.15) is 5.84 Å². The second-order valence-electron chi connectivity index (χ2n) is 5.00. The molecule has 0 aromatic heterocycles. The van der Waals surface area contributed by atoms with Gasteiger partial charge in [-0.2, -0.15) is 0 Å². The summed E-state index contributed by atoms with van der Waals surface area (Å²) in [4.78, 5) is 2.21. The van der Waals surface area contributed by atoms with Crippen LogP contribution in [0.4, 0.5) is 0 Å². The Labute approximate surface area is 102 Å². The lowest BCUT2D eigenvalue weighted by Crippen LogP contribution is -2.39. The first-order chi connectivity index (χ1) is 8.27. The van der Waals surface area contributed by atoms with Crippen LogP contribution in [0.25, 0.3) is 0 Å². The number of benzene rings is 1. The van der Waals surface area contributed by atoms with E-state index in [1.54, 1.807) is 0 Å². The van der Waals surface area contributed by atoms with E-state index in [4.69, 9.17) is 10.1 Å². The molecule has 0 aliphatic carbocycles. The van der Waals surface area contributed by atoms with Crippen LogP contribution in [0.5, 0.6) is 0 Å². The minimum absolute atomic E-state index is 0.400. The smallest absolute Gasteiger partial charge is 0.128 e. The monoisotopic (exact) mass is 230 g/mol. The van der Waals surface area contributed by atoms with E-state index in [-0.39, 0.29) is 0 Å². The molecule has 1 N–H and O–H groups in total. The van der Waals surface area contributed by atoms with Crippen LogP contribution >= 0.6 is 0 Å². The van der Waals surface area contributed by atoms with Crippen molar-refractivity contribution in [1.82, 2.24) is 4.90 Å². The van der Waals surface area contributed by atoms with Crippen molar-refractivity contribution in [2.24, 2.45) is 5.92 Å². The quantitative estimate of drug-likeness (QED) is 0.846. The zero-order chi connectivity index (χ0) is 11.8. The average Bonchev–Trinajstić information content (AvgIpc) is 2.97. The molecule has 1 fully saturated rings. The Morgan fingerprint density at radius 1 is 1.41 bits per heavy atom. The van der Waals surface area contributed by atoms with Crippen molar-refractivity contribution < 1.29 is 4.74 Å². The van der Waals surface area contributed by atoms with Crippen molar-refractivity contribution in [1.29, 1.82) is 5.41 Å². The van der Waals surface area contributed by atoms with Crippen molar-refractivity contribution >= 4 is 5.84 Å². The zero-order valence-electron chi connectivity index (χ0n) is 10.1. The molecule has 17 heavy (non-hydrogen) atoms. The minimum atomic E-state index is 0.400. The van der Waals surface area contributed by atoms with E-state index in [1.165, 1.54) is 5.56 Å². The predicted octanol–water partition coefficient (Wildman–Crippen LogP) is 2.25. The van der Waals surface area contributed by atoms with E-state index in [0.29, 0.717) is 17.8 Å². The molecule has 1 aromatic rings. The third kappa shape index (κ3) is 1.75. The number of fused-ring (bicyclic) bond motifs is 1. The van der Waals surface area contributed by atoms with Crippen LogP contribution in [-0.4, -0.2) is 30.0 Å². The summed E-state index contributed by atoms with van der Waals surface area (Å²) < 4.78 is 5.45. The SMILES string of the molecule is CC(C1CCOC1)N1Cc2ccccc2C1=N. The molecule has 0 bridgehead atoms. The summed E-state index contributed by atoms with van der Waals surface area (Å²) in [5.41, 5.74) is 2.38. The molecule has 0 radical (unpaired) electrons. The van der Waals surface area contributed by atoms with Gasteiger partial charge in [0.15, 0.2) is 0 Å². The number of hydrogen-bond acceptors (Lipinski definition) is 2. The van der Waals surface area contributed by atoms with Crippen LogP contribution in [0.15, 0.2) is 24.3 Å². The number of amidine groups is 1. The maximum absolute atomic E-state index is 8.27. The van der Waals surface area contributed by atoms with Gasteiger partial charge in [-0.1, -0.05) is 24.3 Å². The first kappa shape index (κ1) is 10.8. The summed E-state index contributed by atoms with van der Waals surface area (Å²) in [5, 5.41) is 8.27. The normalized spacial score (nSPS) is 25.1. The van der Waals surface area contributed by atoms with Gasteiger partial charge in [-0.25, -0.2) is 0 Å². The third-order valence-electron chi connectivity index (χ3n) is 4.04. The maximum atomic E-state index is 8.27. The van der Waals surface area contributed by atoms with Gasteiger partial charge < -0.3 is 9.64 Å². The van der Waals surface area contributed by atoms with Gasteiger partial charge >= 0.3 is 0 Å². The molecule has 2 aliphatic rings. The van der Waals surface area contributed by atoms with Gasteiger partial charge in [0.2, 0.25) is 0 Å². The molecule has 3 nitrogen and oxygen atoms in total.